The van der Waals surface area contributed by atoms with Crippen LogP contribution in [-0.2, 0) is 28.2 Å². The minimum Gasteiger partial charge on any atom is -0.497 e. The molecule has 7 rings (SSSR count). The summed E-state index contributed by atoms with van der Waals surface area (Å²) in [6.07, 6.45) is 3.27. The second-order valence-electron chi connectivity index (χ2n) is 12.2. The van der Waals surface area contributed by atoms with Crippen molar-refractivity contribution >= 4 is 28.4 Å². The molecule has 3 aliphatic rings. The van der Waals surface area contributed by atoms with Gasteiger partial charge in [-0.15, -0.1) is 0 Å². The molecular formula is C35H37ClFN3O4. The number of imidazole rings is 1. The first-order valence-electron chi connectivity index (χ1n) is 15.3. The maximum absolute atomic E-state index is 14.8. The van der Waals surface area contributed by atoms with Gasteiger partial charge in [0.05, 0.1) is 37.3 Å². The molecule has 0 spiro atoms. The van der Waals surface area contributed by atoms with Gasteiger partial charge < -0.3 is 23.5 Å². The van der Waals surface area contributed by atoms with Gasteiger partial charge in [-0.25, -0.2) is 9.37 Å². The van der Waals surface area contributed by atoms with Crippen molar-refractivity contribution < 1.29 is 23.3 Å². The second kappa shape index (κ2) is 11.7. The Hall–Kier alpha value is -3.59. The van der Waals surface area contributed by atoms with E-state index in [0.717, 1.165) is 85.8 Å². The maximum Gasteiger partial charge on any atom is 0.168 e. The highest BCUT2D eigenvalue weighted by molar-refractivity contribution is 6.30. The van der Waals surface area contributed by atoms with Crippen molar-refractivity contribution in [3.63, 3.8) is 0 Å². The molecule has 9 heteroatoms. The lowest BCUT2D eigenvalue weighted by molar-refractivity contribution is -0.0592. The van der Waals surface area contributed by atoms with Crippen LogP contribution in [0.3, 0.4) is 0 Å². The van der Waals surface area contributed by atoms with E-state index in [0.29, 0.717) is 28.0 Å². The van der Waals surface area contributed by atoms with Gasteiger partial charge in [-0.05, 0) is 81.6 Å². The second-order valence-corrected chi connectivity index (χ2v) is 12.7. The number of ether oxygens (including phenoxy) is 4. The Bertz CT molecular complexity index is 1710. The molecule has 2 fully saturated rings. The molecule has 4 aromatic rings. The predicted octanol–water partition coefficient (Wildman–Crippen LogP) is 7.30. The molecule has 7 nitrogen and oxygen atoms in total. The maximum atomic E-state index is 14.8. The number of nitrogens with zero attached hydrogens (tertiary/aromatic N) is 3. The predicted molar refractivity (Wildman–Crippen MR) is 169 cm³/mol. The summed E-state index contributed by atoms with van der Waals surface area (Å²) in [5.41, 5.74) is 3.65. The number of hydrogen-bond donors (Lipinski definition) is 0. The van der Waals surface area contributed by atoms with E-state index >= 15 is 0 Å². The minimum absolute atomic E-state index is 0.217. The zero-order valence-corrected chi connectivity index (χ0v) is 25.9. The van der Waals surface area contributed by atoms with Crippen LogP contribution in [-0.4, -0.2) is 54.0 Å². The van der Waals surface area contributed by atoms with Crippen LogP contribution in [0.4, 0.5) is 4.39 Å². The van der Waals surface area contributed by atoms with Crippen LogP contribution in [0.25, 0.3) is 16.8 Å². The van der Waals surface area contributed by atoms with Gasteiger partial charge in [-0.1, -0.05) is 36.4 Å². The summed E-state index contributed by atoms with van der Waals surface area (Å²) < 4.78 is 41.1. The van der Waals surface area contributed by atoms with Crippen LogP contribution in [0, 0.1) is 5.82 Å². The monoisotopic (exact) mass is 617 g/mol. The molecule has 0 bridgehead atoms. The average Bonchev–Trinajstić information content (AvgIpc) is 3.34. The molecule has 0 saturated carbocycles. The minimum atomic E-state index is -0.947. The number of benzene rings is 3. The van der Waals surface area contributed by atoms with E-state index in [2.05, 4.69) is 34.2 Å². The van der Waals surface area contributed by atoms with Crippen molar-refractivity contribution in [3.05, 3.63) is 94.5 Å². The first kappa shape index (κ1) is 29.1. The Morgan fingerprint density at radius 2 is 1.95 bits per heavy atom. The van der Waals surface area contributed by atoms with Crippen molar-refractivity contribution in [3.8, 4) is 11.5 Å². The summed E-state index contributed by atoms with van der Waals surface area (Å²) >= 11 is 5.99. The molecule has 4 heterocycles. The molecule has 44 heavy (non-hydrogen) atoms. The van der Waals surface area contributed by atoms with E-state index < -0.39 is 11.4 Å². The SMILES string of the molecule is C=C(OC)c1ccc2nc(CN3CCC(c4cccc5c4OCC(C)(c4ccc(Cl)cc4F)O5)CC3)n(C[C@@H]3CCO3)c2c1. The number of halogens is 2. The molecule has 3 aliphatic heterocycles. The summed E-state index contributed by atoms with van der Waals surface area (Å²) in [6, 6.07) is 16.9. The van der Waals surface area contributed by atoms with Crippen LogP contribution < -0.4 is 9.47 Å². The normalized spacial score (nSPS) is 22.1. The van der Waals surface area contributed by atoms with Crippen LogP contribution in [0.1, 0.15) is 54.6 Å². The molecule has 1 aromatic heterocycles. The van der Waals surface area contributed by atoms with Crippen molar-refractivity contribution in [2.24, 2.45) is 0 Å². The lowest BCUT2D eigenvalue weighted by atomic mass is 9.87. The highest BCUT2D eigenvalue weighted by Gasteiger charge is 2.39. The van der Waals surface area contributed by atoms with Crippen molar-refractivity contribution in [1.29, 1.82) is 0 Å². The average molecular weight is 618 g/mol. The highest BCUT2D eigenvalue weighted by Crippen LogP contribution is 2.46. The van der Waals surface area contributed by atoms with Crippen LogP contribution in [0.15, 0.2) is 61.2 Å². The van der Waals surface area contributed by atoms with Gasteiger partial charge in [0.2, 0.25) is 0 Å². The topological polar surface area (TPSA) is 58.0 Å². The molecule has 2 atom stereocenters. The Morgan fingerprint density at radius 1 is 1.14 bits per heavy atom. The molecule has 2 saturated heterocycles. The number of fused-ring (bicyclic) bond motifs is 2. The van der Waals surface area contributed by atoms with Crippen molar-refractivity contribution in [1.82, 2.24) is 14.5 Å². The molecule has 0 amide bonds. The molecule has 0 N–H and O–H groups in total. The number of aromatic nitrogens is 2. The van der Waals surface area contributed by atoms with Crippen LogP contribution in [0.5, 0.6) is 11.5 Å². The number of methoxy groups -OCH3 is 1. The Kier molecular flexibility index (Phi) is 7.77. The fourth-order valence-corrected chi connectivity index (χ4v) is 6.80. The van der Waals surface area contributed by atoms with Gasteiger partial charge >= 0.3 is 0 Å². The molecule has 230 valence electrons. The number of hydrogen-bond acceptors (Lipinski definition) is 6. The van der Waals surface area contributed by atoms with E-state index in [4.69, 9.17) is 35.5 Å². The summed E-state index contributed by atoms with van der Waals surface area (Å²) in [4.78, 5) is 7.54. The smallest absolute Gasteiger partial charge is 0.168 e. The van der Waals surface area contributed by atoms with Gasteiger partial charge in [0.25, 0.3) is 0 Å². The van der Waals surface area contributed by atoms with E-state index in [1.54, 1.807) is 19.2 Å². The van der Waals surface area contributed by atoms with Gasteiger partial charge in [0.15, 0.2) is 17.1 Å². The molecule has 1 unspecified atom stereocenters. The van der Waals surface area contributed by atoms with Gasteiger partial charge in [0.1, 0.15) is 24.0 Å². The van der Waals surface area contributed by atoms with Crippen molar-refractivity contribution in [2.45, 2.75) is 56.9 Å². The van der Waals surface area contributed by atoms with Crippen LogP contribution in [0.2, 0.25) is 5.02 Å². The van der Waals surface area contributed by atoms with E-state index in [-0.39, 0.29) is 12.7 Å². The Labute approximate surface area is 262 Å². The number of piperidine rings is 1. The number of likely N-dealkylation sites (tertiary alicyclic amines) is 1. The third kappa shape index (κ3) is 5.44. The van der Waals surface area contributed by atoms with Gasteiger partial charge in [-0.2, -0.15) is 0 Å². The van der Waals surface area contributed by atoms with Gasteiger partial charge in [-0.3, -0.25) is 4.90 Å². The fraction of sp³-hybridized carbons (Fsp3) is 0.400. The lowest BCUT2D eigenvalue weighted by Gasteiger charge is -2.38. The molecule has 0 aliphatic carbocycles. The Balaban J connectivity index is 1.07. The number of rotatable bonds is 8. The van der Waals surface area contributed by atoms with E-state index in [1.807, 2.05) is 25.1 Å². The van der Waals surface area contributed by atoms with E-state index in [1.165, 1.54) is 6.07 Å². The van der Waals surface area contributed by atoms with Crippen LogP contribution >= 0.6 is 11.6 Å². The number of para-hydroxylation sites is 1. The van der Waals surface area contributed by atoms with E-state index in [9.17, 15) is 4.39 Å². The molecular weight excluding hydrogens is 581 g/mol. The third-order valence-corrected chi connectivity index (χ3v) is 9.54. The summed E-state index contributed by atoms with van der Waals surface area (Å²) in [6.45, 7) is 10.4. The zero-order valence-electron chi connectivity index (χ0n) is 25.2. The fourth-order valence-electron chi connectivity index (χ4n) is 6.64. The quantitative estimate of drug-likeness (QED) is 0.193. The Morgan fingerprint density at radius 3 is 2.68 bits per heavy atom. The summed E-state index contributed by atoms with van der Waals surface area (Å²) in [5.74, 6) is 3.06. The first-order valence-corrected chi connectivity index (χ1v) is 15.7. The third-order valence-electron chi connectivity index (χ3n) is 9.31. The van der Waals surface area contributed by atoms with Crippen molar-refractivity contribution in [2.75, 3.05) is 33.4 Å². The largest absolute Gasteiger partial charge is 0.497 e. The summed E-state index contributed by atoms with van der Waals surface area (Å²) in [5, 5.41) is 0.354. The lowest BCUT2D eigenvalue weighted by Crippen LogP contribution is -2.40. The highest BCUT2D eigenvalue weighted by atomic mass is 35.5. The summed E-state index contributed by atoms with van der Waals surface area (Å²) in [7, 11) is 1.64. The first-order chi connectivity index (χ1) is 21.3. The standard InChI is InChI=1S/C35H37ClFN3O4/c1-22(41-3)24-7-10-30-31(17-24)40(19-26-13-16-42-26)33(38-30)20-39-14-11-23(12-15-39)27-5-4-6-32-34(27)43-21-35(2,44-32)28-9-8-25(36)18-29(28)37/h4-10,17-18,23,26H,1,11-16,19-21H2,2-3H3/t26-,35?/m0/s1. The molecule has 3 aromatic carbocycles. The zero-order chi connectivity index (χ0) is 30.4. The molecule has 0 radical (unpaired) electrons. The van der Waals surface area contributed by atoms with Gasteiger partial charge in [0, 0.05) is 28.3 Å².